The van der Waals surface area contributed by atoms with E-state index in [4.69, 9.17) is 9.47 Å². The second-order valence-electron chi connectivity index (χ2n) is 8.66. The maximum Gasteiger partial charge on any atom is 0.408 e. The zero-order valence-electron chi connectivity index (χ0n) is 18.7. The normalized spacial score (nSPS) is 17.3. The van der Waals surface area contributed by atoms with Gasteiger partial charge < -0.3 is 25.2 Å². The SMILES string of the molecule is CCC(COC)(NC(=O)OCC1c2ccccc2-c2ccccc21)C(=O)NC1(C(=O)O)CC1. The predicted molar refractivity (Wildman–Crippen MR) is 121 cm³/mol. The summed E-state index contributed by atoms with van der Waals surface area (Å²) in [5.74, 6) is -1.79. The van der Waals surface area contributed by atoms with E-state index in [1.165, 1.54) is 7.11 Å². The second kappa shape index (κ2) is 8.86. The molecule has 0 aromatic heterocycles. The summed E-state index contributed by atoms with van der Waals surface area (Å²) in [5, 5.41) is 14.6. The molecular formula is C25H28N2O6. The number of alkyl carbamates (subject to hydrolysis) is 1. The number of nitrogens with one attached hydrogen (secondary N) is 2. The Morgan fingerprint density at radius 1 is 1.06 bits per heavy atom. The van der Waals surface area contributed by atoms with E-state index < -0.39 is 29.0 Å². The van der Waals surface area contributed by atoms with Crippen LogP contribution in [0.15, 0.2) is 48.5 Å². The lowest BCUT2D eigenvalue weighted by molar-refractivity contribution is -0.144. The minimum absolute atomic E-state index is 0.104. The topological polar surface area (TPSA) is 114 Å². The first-order chi connectivity index (χ1) is 15.9. The third-order valence-corrected chi connectivity index (χ3v) is 6.63. The van der Waals surface area contributed by atoms with E-state index in [0.717, 1.165) is 22.3 Å². The van der Waals surface area contributed by atoms with Crippen molar-refractivity contribution in [2.75, 3.05) is 20.3 Å². The molecule has 0 spiro atoms. The van der Waals surface area contributed by atoms with Crippen molar-refractivity contribution in [1.82, 2.24) is 10.6 Å². The number of amides is 2. The lowest BCUT2D eigenvalue weighted by Crippen LogP contribution is -2.64. The van der Waals surface area contributed by atoms with E-state index in [1.54, 1.807) is 6.92 Å². The molecule has 3 N–H and O–H groups in total. The molecule has 2 aromatic carbocycles. The molecule has 0 bridgehead atoms. The van der Waals surface area contributed by atoms with Crippen LogP contribution in [0.3, 0.4) is 0 Å². The molecule has 0 radical (unpaired) electrons. The van der Waals surface area contributed by atoms with Gasteiger partial charge in [0.1, 0.15) is 17.7 Å². The molecule has 1 fully saturated rings. The smallest absolute Gasteiger partial charge is 0.408 e. The monoisotopic (exact) mass is 452 g/mol. The first-order valence-electron chi connectivity index (χ1n) is 11.0. The summed E-state index contributed by atoms with van der Waals surface area (Å²) in [6, 6.07) is 16.0. The number of methoxy groups -OCH3 is 1. The molecule has 4 rings (SSSR count). The highest BCUT2D eigenvalue weighted by Gasteiger charge is 2.54. The molecule has 8 nitrogen and oxygen atoms in total. The standard InChI is InChI=1S/C25H28N2O6/c1-3-24(15-32-2,21(28)26-25(12-13-25)22(29)30)27-23(31)33-14-20-18-10-6-4-8-16(18)17-9-5-7-11-19(17)20/h4-11,20H,3,12-15H2,1-2H3,(H,26,28)(H,27,31)(H,29,30). The van der Waals surface area contributed by atoms with Crippen LogP contribution in [0.4, 0.5) is 4.79 Å². The Balaban J connectivity index is 1.47. The van der Waals surface area contributed by atoms with Crippen LogP contribution in [0.25, 0.3) is 11.1 Å². The zero-order chi connectivity index (χ0) is 23.6. The summed E-state index contributed by atoms with van der Waals surface area (Å²) >= 11 is 0. The van der Waals surface area contributed by atoms with Crippen molar-refractivity contribution < 1.29 is 29.0 Å². The fourth-order valence-corrected chi connectivity index (χ4v) is 4.44. The van der Waals surface area contributed by atoms with Crippen molar-refractivity contribution in [1.29, 1.82) is 0 Å². The van der Waals surface area contributed by atoms with Gasteiger partial charge in [-0.2, -0.15) is 0 Å². The zero-order valence-corrected chi connectivity index (χ0v) is 18.7. The van der Waals surface area contributed by atoms with Crippen molar-refractivity contribution >= 4 is 18.0 Å². The van der Waals surface area contributed by atoms with Crippen molar-refractivity contribution in [3.05, 3.63) is 59.7 Å². The fourth-order valence-electron chi connectivity index (χ4n) is 4.44. The number of carboxylic acid groups (broad SMARTS) is 1. The summed E-state index contributed by atoms with van der Waals surface area (Å²) in [6.07, 6.45) is 0.149. The number of fused-ring (bicyclic) bond motifs is 3. The highest BCUT2D eigenvalue weighted by molar-refractivity contribution is 5.95. The number of aliphatic carboxylic acids is 1. The van der Waals surface area contributed by atoms with Crippen LogP contribution in [-0.2, 0) is 19.1 Å². The van der Waals surface area contributed by atoms with Gasteiger partial charge >= 0.3 is 12.1 Å². The minimum Gasteiger partial charge on any atom is -0.480 e. The van der Waals surface area contributed by atoms with Gasteiger partial charge in [-0.25, -0.2) is 9.59 Å². The van der Waals surface area contributed by atoms with Crippen LogP contribution in [-0.4, -0.2) is 54.5 Å². The van der Waals surface area contributed by atoms with Gasteiger partial charge in [0.2, 0.25) is 5.91 Å². The second-order valence-corrected chi connectivity index (χ2v) is 8.66. The Kier molecular flexibility index (Phi) is 6.12. The summed E-state index contributed by atoms with van der Waals surface area (Å²) in [7, 11) is 1.42. The maximum atomic E-state index is 13.0. The molecule has 2 aliphatic rings. The molecule has 1 saturated carbocycles. The summed E-state index contributed by atoms with van der Waals surface area (Å²) in [5.41, 5.74) is 1.69. The van der Waals surface area contributed by atoms with Crippen LogP contribution in [0.2, 0.25) is 0 Å². The summed E-state index contributed by atoms with van der Waals surface area (Å²) in [6.45, 7) is 1.71. The van der Waals surface area contributed by atoms with E-state index in [1.807, 2.05) is 36.4 Å². The fraction of sp³-hybridized carbons (Fsp3) is 0.400. The third-order valence-electron chi connectivity index (χ3n) is 6.63. The van der Waals surface area contributed by atoms with Crippen molar-refractivity contribution in [3.8, 4) is 11.1 Å². The largest absolute Gasteiger partial charge is 0.480 e. The Bertz CT molecular complexity index is 1030. The highest BCUT2D eigenvalue weighted by Crippen LogP contribution is 2.44. The highest BCUT2D eigenvalue weighted by atomic mass is 16.5. The molecule has 2 amide bonds. The summed E-state index contributed by atoms with van der Waals surface area (Å²) < 4.78 is 10.8. The molecule has 0 aliphatic heterocycles. The molecule has 2 aliphatic carbocycles. The van der Waals surface area contributed by atoms with Crippen LogP contribution >= 0.6 is 0 Å². The molecule has 1 unspecified atom stereocenters. The number of carbonyl (C=O) groups is 3. The Hall–Kier alpha value is -3.39. The Morgan fingerprint density at radius 2 is 1.64 bits per heavy atom. The lowest BCUT2D eigenvalue weighted by Gasteiger charge is -2.32. The van der Waals surface area contributed by atoms with Crippen LogP contribution in [0, 0.1) is 0 Å². The number of ether oxygens (including phenoxy) is 2. The average molecular weight is 453 g/mol. The van der Waals surface area contributed by atoms with E-state index in [0.29, 0.717) is 12.8 Å². The van der Waals surface area contributed by atoms with Crippen molar-refractivity contribution in [2.45, 2.75) is 43.2 Å². The molecule has 33 heavy (non-hydrogen) atoms. The third kappa shape index (κ3) is 4.18. The van der Waals surface area contributed by atoms with Crippen molar-refractivity contribution in [3.63, 3.8) is 0 Å². The quantitative estimate of drug-likeness (QED) is 0.539. The van der Waals surface area contributed by atoms with Gasteiger partial charge in [-0.05, 0) is 41.5 Å². The van der Waals surface area contributed by atoms with Crippen LogP contribution < -0.4 is 10.6 Å². The average Bonchev–Trinajstić information content (AvgIpc) is 3.53. The number of carbonyl (C=O) groups excluding carboxylic acids is 2. The van der Waals surface area contributed by atoms with Crippen LogP contribution in [0.1, 0.15) is 43.2 Å². The number of hydrogen-bond acceptors (Lipinski definition) is 5. The van der Waals surface area contributed by atoms with Crippen molar-refractivity contribution in [2.24, 2.45) is 0 Å². The molecular weight excluding hydrogens is 424 g/mol. The molecule has 174 valence electrons. The number of carboxylic acids is 1. The molecule has 8 heteroatoms. The maximum absolute atomic E-state index is 13.0. The van der Waals surface area contributed by atoms with Gasteiger partial charge in [0.05, 0.1) is 6.61 Å². The molecule has 0 heterocycles. The Morgan fingerprint density at radius 3 is 2.12 bits per heavy atom. The molecule has 2 aromatic rings. The minimum atomic E-state index is -1.44. The molecule has 0 saturated heterocycles. The summed E-state index contributed by atoms with van der Waals surface area (Å²) in [4.78, 5) is 37.4. The van der Waals surface area contributed by atoms with Gasteiger partial charge in [-0.1, -0.05) is 55.5 Å². The van der Waals surface area contributed by atoms with Gasteiger partial charge in [-0.15, -0.1) is 0 Å². The molecule has 1 atom stereocenters. The predicted octanol–water partition coefficient (Wildman–Crippen LogP) is 3.05. The first-order valence-corrected chi connectivity index (χ1v) is 11.0. The lowest BCUT2D eigenvalue weighted by atomic mass is 9.95. The number of rotatable bonds is 9. The number of benzene rings is 2. The van der Waals surface area contributed by atoms with E-state index in [-0.39, 0.29) is 25.6 Å². The van der Waals surface area contributed by atoms with E-state index in [9.17, 15) is 19.5 Å². The van der Waals surface area contributed by atoms with E-state index >= 15 is 0 Å². The number of hydrogen-bond donors (Lipinski definition) is 3. The first kappa shape index (κ1) is 22.8. The van der Waals surface area contributed by atoms with E-state index in [2.05, 4.69) is 22.8 Å². The van der Waals surface area contributed by atoms with Gasteiger partial charge in [-0.3, -0.25) is 4.79 Å². The van der Waals surface area contributed by atoms with Gasteiger partial charge in [0, 0.05) is 13.0 Å². The Labute approximate surface area is 192 Å². The van der Waals surface area contributed by atoms with Crippen LogP contribution in [0.5, 0.6) is 0 Å². The van der Waals surface area contributed by atoms with Gasteiger partial charge in [0.15, 0.2) is 0 Å². The van der Waals surface area contributed by atoms with Gasteiger partial charge in [0.25, 0.3) is 0 Å².